The Balaban J connectivity index is 1.77. The highest BCUT2D eigenvalue weighted by Crippen LogP contribution is 2.19. The molecule has 0 aliphatic rings. The maximum Gasteiger partial charge on any atom is 0.326 e. The Kier molecular flexibility index (Phi) is 45.8. The van der Waals surface area contributed by atoms with Crippen molar-refractivity contribution >= 4 is 82.5 Å². The molecule has 2 rings (SSSR count). The van der Waals surface area contributed by atoms with Crippen molar-refractivity contribution in [2.24, 2.45) is 28.4 Å². The molecule has 99 heavy (non-hydrogen) atoms. The van der Waals surface area contributed by atoms with Crippen LogP contribution in [0.15, 0.2) is 65.8 Å². The number of rotatable bonds is 60. The van der Waals surface area contributed by atoms with Gasteiger partial charge in [0, 0.05) is 94.2 Å². The van der Waals surface area contributed by atoms with E-state index >= 15 is 0 Å². The first kappa shape index (κ1) is 85.9. The van der Waals surface area contributed by atoms with E-state index in [-0.39, 0.29) is 197 Å². The van der Waals surface area contributed by atoms with E-state index in [1.54, 1.807) is 0 Å². The molecule has 0 aromatic heterocycles. The highest BCUT2D eigenvalue weighted by atomic mass is 16.5. The number of primary amides is 1. The summed E-state index contributed by atoms with van der Waals surface area (Å²) in [6.07, 6.45) is 4.36. The molecule has 0 aliphatic carbocycles. The number of Topliss-reactive ketones (excluding diaryl/α,β-unsaturated/α-hetero) is 4. The molecule has 0 saturated heterocycles. The maximum atomic E-state index is 14.2. The largest absolute Gasteiger partial charge is 0.481 e. The fourth-order valence-corrected chi connectivity index (χ4v) is 10.0. The quantitative estimate of drug-likeness (QED) is 0.0196. The molecule has 2 aromatic rings. The fourth-order valence-electron chi connectivity index (χ4n) is 10.0. The molecule has 548 valence electrons. The lowest BCUT2D eigenvalue weighted by molar-refractivity contribution is -0.141. The Morgan fingerprint density at radius 1 is 0.465 bits per heavy atom. The Bertz CT molecular complexity index is 2920. The molecule has 0 unspecified atom stereocenters. The standard InChI is InChI=1S/C67H100N12O20/c68-44-60(86)73-45-52(82)25-28-58(84)71-31-14-13-22-53(62(69)89)76-64(91)48(20-15-32-74-79-70)42-51(81)30-34-97-36-38-99-39-37-98-35-33-72-63(90)49(40-46-16-7-5-8-17-46)43-57(83)56(41-47-18-9-6-10-19-47)75-59(85)23-12-4-2-1-3-11-21-50(80)24-26-54(65(92)93)77-67(96)78-55(66(94)95)27-29-61(87)88/h5-10,16-19,48-49,53-56H,1-4,11-15,20-45,68H2,(H2,69,89)(H,71,84)(H,72,90)(H,73,86)(H,75,85)(H,76,91)(H,87,88)(H,92,93)(H,94,95)(H2,77,78,96)/t48-,49-,53+,54+,55+,56+/m1/s1. The van der Waals surface area contributed by atoms with Gasteiger partial charge in [0.25, 0.3) is 0 Å². The number of urea groups is 1. The second-order valence-corrected chi connectivity index (χ2v) is 23.6. The molecule has 0 saturated carbocycles. The van der Waals surface area contributed by atoms with Crippen LogP contribution in [0.3, 0.4) is 0 Å². The number of azide groups is 1. The first-order chi connectivity index (χ1) is 47.5. The summed E-state index contributed by atoms with van der Waals surface area (Å²) < 4.78 is 16.9. The molecule has 0 bridgehead atoms. The van der Waals surface area contributed by atoms with Gasteiger partial charge in [0.1, 0.15) is 29.7 Å². The van der Waals surface area contributed by atoms with Crippen LogP contribution in [-0.4, -0.2) is 194 Å². The second kappa shape index (κ2) is 52.8. The molecule has 0 radical (unpaired) electrons. The van der Waals surface area contributed by atoms with E-state index < -0.39 is 90.5 Å². The van der Waals surface area contributed by atoms with E-state index in [9.17, 15) is 77.3 Å². The van der Waals surface area contributed by atoms with Crippen molar-refractivity contribution in [1.82, 2.24) is 37.2 Å². The second-order valence-electron chi connectivity index (χ2n) is 23.6. The van der Waals surface area contributed by atoms with Gasteiger partial charge in [-0.2, -0.15) is 0 Å². The zero-order valence-corrected chi connectivity index (χ0v) is 56.3. The van der Waals surface area contributed by atoms with Crippen LogP contribution in [0.4, 0.5) is 4.79 Å². The van der Waals surface area contributed by atoms with Gasteiger partial charge >= 0.3 is 23.9 Å². The van der Waals surface area contributed by atoms with Gasteiger partial charge in [-0.3, -0.25) is 52.7 Å². The molecular formula is C67H100N12O20. The van der Waals surface area contributed by atoms with E-state index in [2.05, 4.69) is 41.9 Å². The number of benzene rings is 2. The summed E-state index contributed by atoms with van der Waals surface area (Å²) in [6.45, 7) is 0.838. The number of amides is 8. The molecule has 8 amide bonds. The van der Waals surface area contributed by atoms with Crippen molar-refractivity contribution in [1.29, 1.82) is 0 Å². The summed E-state index contributed by atoms with van der Waals surface area (Å²) in [5, 5.41) is 48.7. The molecule has 0 heterocycles. The van der Waals surface area contributed by atoms with Crippen molar-refractivity contribution in [3.8, 4) is 0 Å². The van der Waals surface area contributed by atoms with E-state index in [0.717, 1.165) is 24.0 Å². The van der Waals surface area contributed by atoms with Gasteiger partial charge in [0.15, 0.2) is 11.6 Å². The zero-order valence-electron chi connectivity index (χ0n) is 56.3. The first-order valence-electron chi connectivity index (χ1n) is 33.6. The number of nitrogens with zero attached hydrogens (tertiary/aromatic N) is 3. The average molecular weight is 1390 g/mol. The third-order valence-electron chi connectivity index (χ3n) is 15.6. The van der Waals surface area contributed by atoms with E-state index in [1.165, 1.54) is 0 Å². The third kappa shape index (κ3) is 42.9. The Labute approximate surface area is 575 Å². The van der Waals surface area contributed by atoms with Crippen molar-refractivity contribution in [3.63, 3.8) is 0 Å². The van der Waals surface area contributed by atoms with Gasteiger partial charge in [0.2, 0.25) is 35.4 Å². The SMILES string of the molecule is [N-]=[N+]=NCCC[C@H](CC(=O)CCOCCOCCOCCNC(=O)[C@@H](CC(=O)[C@H](Cc1ccccc1)NC(=O)CCCCCCCCC(=O)CC[C@H](NC(=O)N[C@@H](CCC(=O)O)C(=O)O)C(=O)O)Cc1ccccc1)C(=O)N[C@@H](CCCCNC(=O)CCC(=O)CNC(=O)CN)C(N)=O. The molecule has 0 aliphatic heterocycles. The van der Waals surface area contributed by atoms with Crippen LogP contribution in [-0.2, 0) is 89.4 Å². The number of nitrogens with two attached hydrogens (primary N) is 2. The molecule has 0 fully saturated rings. The summed E-state index contributed by atoms with van der Waals surface area (Å²) in [7, 11) is 0. The number of hydrogen-bond acceptors (Lipinski definition) is 19. The number of carbonyl (C=O) groups is 14. The summed E-state index contributed by atoms with van der Waals surface area (Å²) in [6, 6.07) is 12.3. The van der Waals surface area contributed by atoms with Crippen molar-refractivity contribution in [2.75, 3.05) is 72.4 Å². The lowest BCUT2D eigenvalue weighted by Gasteiger charge is -2.22. The first-order valence-corrected chi connectivity index (χ1v) is 33.6. The number of carboxylic acid groups (broad SMARTS) is 3. The van der Waals surface area contributed by atoms with Crippen molar-refractivity contribution < 1.29 is 96.7 Å². The van der Waals surface area contributed by atoms with E-state index in [1.807, 2.05) is 66.0 Å². The number of ether oxygens (including phenoxy) is 3. The van der Waals surface area contributed by atoms with Gasteiger partial charge < -0.3 is 78.2 Å². The van der Waals surface area contributed by atoms with Crippen LogP contribution >= 0.6 is 0 Å². The van der Waals surface area contributed by atoms with Crippen molar-refractivity contribution in [2.45, 2.75) is 178 Å². The Hall–Kier alpha value is -9.23. The Morgan fingerprint density at radius 3 is 1.65 bits per heavy atom. The molecule has 2 aromatic carbocycles. The lowest BCUT2D eigenvalue weighted by atomic mass is 9.89. The Morgan fingerprint density at radius 2 is 1.05 bits per heavy atom. The van der Waals surface area contributed by atoms with Gasteiger partial charge in [-0.1, -0.05) is 91.5 Å². The van der Waals surface area contributed by atoms with Crippen LogP contribution in [0.25, 0.3) is 10.4 Å². The van der Waals surface area contributed by atoms with Crippen LogP contribution in [0, 0.1) is 11.8 Å². The predicted octanol–water partition coefficient (Wildman–Crippen LogP) is 2.98. The number of nitrogens with one attached hydrogen (secondary N) is 7. The molecular weight excluding hydrogens is 1290 g/mol. The molecule has 32 heteroatoms. The van der Waals surface area contributed by atoms with Crippen LogP contribution < -0.4 is 48.7 Å². The third-order valence-corrected chi connectivity index (χ3v) is 15.6. The molecule has 14 N–H and O–H groups in total. The number of aliphatic carboxylic acids is 3. The topological polar surface area (TPSA) is 512 Å². The minimum Gasteiger partial charge on any atom is -0.481 e. The van der Waals surface area contributed by atoms with Crippen LogP contribution in [0.5, 0.6) is 0 Å². The summed E-state index contributed by atoms with van der Waals surface area (Å²) in [5.41, 5.74) is 21.1. The van der Waals surface area contributed by atoms with E-state index in [0.29, 0.717) is 44.9 Å². The summed E-state index contributed by atoms with van der Waals surface area (Å²) in [5.74, 6) is -9.88. The average Bonchev–Trinajstić information content (AvgIpc) is 0.903. The minimum absolute atomic E-state index is 0.0187. The summed E-state index contributed by atoms with van der Waals surface area (Å²) in [4.78, 5) is 177. The van der Waals surface area contributed by atoms with Crippen LogP contribution in [0.1, 0.15) is 152 Å². The summed E-state index contributed by atoms with van der Waals surface area (Å²) >= 11 is 0. The number of carbonyl (C=O) groups excluding carboxylic acids is 11. The lowest BCUT2D eigenvalue weighted by Crippen LogP contribution is -2.51. The molecule has 32 nitrogen and oxygen atoms in total. The monoisotopic (exact) mass is 1390 g/mol. The normalized spacial score (nSPS) is 12.7. The zero-order chi connectivity index (χ0) is 73.0. The van der Waals surface area contributed by atoms with Gasteiger partial charge in [-0.05, 0) is 87.3 Å². The molecule has 6 atom stereocenters. The number of hydrogen-bond donors (Lipinski definition) is 12. The highest BCUT2D eigenvalue weighted by Gasteiger charge is 2.30. The highest BCUT2D eigenvalue weighted by molar-refractivity contribution is 5.94. The minimum atomic E-state index is -1.56. The number of carboxylic acids is 3. The fraction of sp³-hybridized carbons (Fsp3) is 0.612. The van der Waals surface area contributed by atoms with Gasteiger partial charge in [-0.25, -0.2) is 14.4 Å². The number of unbranched alkanes of at least 4 members (excludes halogenated alkanes) is 6. The van der Waals surface area contributed by atoms with Gasteiger partial charge in [-0.15, -0.1) is 0 Å². The van der Waals surface area contributed by atoms with Crippen molar-refractivity contribution in [3.05, 3.63) is 82.2 Å². The smallest absolute Gasteiger partial charge is 0.326 e. The predicted molar refractivity (Wildman–Crippen MR) is 359 cm³/mol. The molecule has 0 spiro atoms. The van der Waals surface area contributed by atoms with Crippen LogP contribution in [0.2, 0.25) is 0 Å². The number of ketones is 4. The maximum absolute atomic E-state index is 14.2. The van der Waals surface area contributed by atoms with E-state index in [4.69, 9.17) is 36.3 Å². The van der Waals surface area contributed by atoms with Gasteiger partial charge in [0.05, 0.1) is 58.8 Å².